The molecule has 18 heavy (non-hydrogen) atoms. The Balaban J connectivity index is 2.65. The molecule has 2 nitrogen and oxygen atoms in total. The van der Waals surface area contributed by atoms with E-state index in [2.05, 4.69) is 44.1 Å². The van der Waals surface area contributed by atoms with Crippen molar-refractivity contribution in [3.63, 3.8) is 0 Å². The summed E-state index contributed by atoms with van der Waals surface area (Å²) in [4.78, 5) is 4.27. The summed E-state index contributed by atoms with van der Waals surface area (Å²) >= 11 is 0. The lowest BCUT2D eigenvalue weighted by molar-refractivity contribution is 0.369. The largest absolute Gasteiger partial charge is 0.486 e. The molecular formula is C16H17NO. The maximum Gasteiger partial charge on any atom is 0.131 e. The summed E-state index contributed by atoms with van der Waals surface area (Å²) in [5.74, 6) is 0.950. The predicted octanol–water partition coefficient (Wildman–Crippen LogP) is 3.85. The highest BCUT2D eigenvalue weighted by molar-refractivity contribution is 6.26. The fourth-order valence-electron chi connectivity index (χ4n) is 2.08. The maximum absolute atomic E-state index is 5.82. The Labute approximate surface area is 108 Å². The molecule has 0 spiro atoms. The van der Waals surface area contributed by atoms with E-state index >= 15 is 0 Å². The van der Waals surface area contributed by atoms with E-state index in [9.17, 15) is 0 Å². The molecule has 0 fully saturated rings. The van der Waals surface area contributed by atoms with E-state index in [1.165, 1.54) is 11.1 Å². The molecule has 0 N–H and O–H groups in total. The molecule has 0 radical (unpaired) electrons. The van der Waals surface area contributed by atoms with Crippen molar-refractivity contribution < 1.29 is 4.74 Å². The molecule has 1 aliphatic rings. The van der Waals surface area contributed by atoms with Crippen molar-refractivity contribution >= 4 is 11.3 Å². The molecule has 1 heterocycles. The van der Waals surface area contributed by atoms with Gasteiger partial charge in [-0.2, -0.15) is 0 Å². The van der Waals surface area contributed by atoms with Crippen molar-refractivity contribution in [3.8, 4) is 5.75 Å². The monoisotopic (exact) mass is 239 g/mol. The van der Waals surface area contributed by atoms with Gasteiger partial charge in [-0.05, 0) is 25.0 Å². The molecule has 0 amide bonds. The van der Waals surface area contributed by atoms with Gasteiger partial charge < -0.3 is 4.74 Å². The summed E-state index contributed by atoms with van der Waals surface area (Å²) in [5, 5.41) is 0. The number of hydrogen-bond acceptors (Lipinski definition) is 2. The van der Waals surface area contributed by atoms with Crippen LogP contribution in [0, 0.1) is 13.8 Å². The van der Waals surface area contributed by atoms with Crippen LogP contribution in [0.3, 0.4) is 0 Å². The van der Waals surface area contributed by atoms with Crippen LogP contribution in [0.5, 0.6) is 5.75 Å². The van der Waals surface area contributed by atoms with E-state index < -0.39 is 0 Å². The normalized spacial score (nSPS) is 18.3. The van der Waals surface area contributed by atoms with Gasteiger partial charge in [0.1, 0.15) is 12.4 Å². The van der Waals surface area contributed by atoms with E-state index in [0.717, 1.165) is 22.6 Å². The minimum Gasteiger partial charge on any atom is -0.486 e. The summed E-state index contributed by atoms with van der Waals surface area (Å²) in [6.07, 6.45) is 5.29. The Morgan fingerprint density at radius 3 is 2.72 bits per heavy atom. The van der Waals surface area contributed by atoms with Crippen molar-refractivity contribution in [1.29, 1.82) is 0 Å². The van der Waals surface area contributed by atoms with E-state index in [0.29, 0.717) is 6.61 Å². The molecule has 0 aliphatic carbocycles. The number of fused-ring (bicyclic) bond motifs is 1. The van der Waals surface area contributed by atoms with Gasteiger partial charge in [-0.3, -0.25) is 4.99 Å². The van der Waals surface area contributed by atoms with Gasteiger partial charge in [0.2, 0.25) is 0 Å². The molecule has 0 aromatic heterocycles. The quantitative estimate of drug-likeness (QED) is 0.768. The molecule has 0 bridgehead atoms. The zero-order valence-electron chi connectivity index (χ0n) is 10.9. The van der Waals surface area contributed by atoms with Gasteiger partial charge in [0.15, 0.2) is 0 Å². The summed E-state index contributed by atoms with van der Waals surface area (Å²) in [7, 11) is 0. The smallest absolute Gasteiger partial charge is 0.131 e. The van der Waals surface area contributed by atoms with Gasteiger partial charge in [-0.1, -0.05) is 37.4 Å². The van der Waals surface area contributed by atoms with E-state index in [1.807, 2.05) is 6.08 Å². The standard InChI is InChI=1S/C16H17NO/c1-5-7-13-14-9-8-11(3)12(4)16(14)18-10-15(13)17-6-2/h5-9H,1-2,10H2,3-4H3/b13-7-,17-15-. The van der Waals surface area contributed by atoms with E-state index in [4.69, 9.17) is 4.74 Å². The molecule has 1 aliphatic heterocycles. The van der Waals surface area contributed by atoms with Crippen LogP contribution >= 0.6 is 0 Å². The van der Waals surface area contributed by atoms with Crippen LogP contribution in [0.25, 0.3) is 5.57 Å². The predicted molar refractivity (Wildman–Crippen MR) is 77.2 cm³/mol. The molecule has 0 atom stereocenters. The summed E-state index contributed by atoms with van der Waals surface area (Å²) in [6.45, 7) is 12.0. The zero-order valence-corrected chi connectivity index (χ0v) is 10.9. The van der Waals surface area contributed by atoms with E-state index in [-0.39, 0.29) is 0 Å². The minimum absolute atomic E-state index is 0.475. The van der Waals surface area contributed by atoms with Crippen molar-refractivity contribution in [2.75, 3.05) is 6.61 Å². The highest BCUT2D eigenvalue weighted by Gasteiger charge is 2.22. The molecule has 0 saturated heterocycles. The molecule has 2 heteroatoms. The Morgan fingerprint density at radius 1 is 1.28 bits per heavy atom. The average Bonchev–Trinajstić information content (AvgIpc) is 2.37. The fraction of sp³-hybridized carbons (Fsp3) is 0.188. The lowest BCUT2D eigenvalue weighted by Crippen LogP contribution is -2.20. The number of rotatable bonds is 2. The van der Waals surface area contributed by atoms with Gasteiger partial charge in [-0.25, -0.2) is 0 Å². The SMILES string of the molecule is C=C/C=C1\C(=N/C=C)COc2c1ccc(C)c2C. The molecule has 0 saturated carbocycles. The second-order valence-corrected chi connectivity index (χ2v) is 4.25. The number of benzene rings is 1. The first kappa shape index (κ1) is 12.4. The summed E-state index contributed by atoms with van der Waals surface area (Å²) in [6, 6.07) is 4.18. The maximum atomic E-state index is 5.82. The summed E-state index contributed by atoms with van der Waals surface area (Å²) < 4.78 is 5.82. The molecule has 92 valence electrons. The highest BCUT2D eigenvalue weighted by Crippen LogP contribution is 2.35. The summed E-state index contributed by atoms with van der Waals surface area (Å²) in [5.41, 5.74) is 5.44. The van der Waals surface area contributed by atoms with Crippen molar-refractivity contribution in [2.24, 2.45) is 4.99 Å². The van der Waals surface area contributed by atoms with Crippen LogP contribution < -0.4 is 4.74 Å². The van der Waals surface area contributed by atoms with Gasteiger partial charge in [-0.15, -0.1) is 0 Å². The van der Waals surface area contributed by atoms with Crippen molar-refractivity contribution in [2.45, 2.75) is 13.8 Å². The third kappa shape index (κ3) is 2.02. The Morgan fingerprint density at radius 2 is 2.06 bits per heavy atom. The number of allylic oxidation sites excluding steroid dienone is 2. The third-order valence-electron chi connectivity index (χ3n) is 3.16. The number of aryl methyl sites for hydroxylation is 1. The highest BCUT2D eigenvalue weighted by atomic mass is 16.5. The van der Waals surface area contributed by atoms with Crippen LogP contribution in [0.4, 0.5) is 0 Å². The first-order valence-corrected chi connectivity index (χ1v) is 5.93. The Kier molecular flexibility index (Phi) is 3.47. The zero-order chi connectivity index (χ0) is 13.1. The molecule has 2 rings (SSSR count). The topological polar surface area (TPSA) is 21.6 Å². The van der Waals surface area contributed by atoms with Gasteiger partial charge >= 0.3 is 0 Å². The van der Waals surface area contributed by atoms with Crippen LogP contribution in [0.15, 0.2) is 48.6 Å². The van der Waals surface area contributed by atoms with E-state index in [1.54, 1.807) is 12.3 Å². The first-order chi connectivity index (χ1) is 8.69. The third-order valence-corrected chi connectivity index (χ3v) is 3.16. The lowest BCUT2D eigenvalue weighted by Gasteiger charge is -2.24. The van der Waals surface area contributed by atoms with Crippen molar-refractivity contribution in [1.82, 2.24) is 0 Å². The molecular weight excluding hydrogens is 222 g/mol. The van der Waals surface area contributed by atoms with Crippen LogP contribution in [0.2, 0.25) is 0 Å². The van der Waals surface area contributed by atoms with Crippen LogP contribution in [0.1, 0.15) is 16.7 Å². The van der Waals surface area contributed by atoms with Crippen molar-refractivity contribution in [3.05, 3.63) is 60.3 Å². The first-order valence-electron chi connectivity index (χ1n) is 5.93. The van der Waals surface area contributed by atoms with Crippen LogP contribution in [-0.2, 0) is 0 Å². The number of hydrogen-bond donors (Lipinski definition) is 0. The lowest BCUT2D eigenvalue weighted by atomic mass is 9.93. The van der Waals surface area contributed by atoms with Gasteiger partial charge in [0, 0.05) is 17.3 Å². The second-order valence-electron chi connectivity index (χ2n) is 4.25. The Hall–Kier alpha value is -2.09. The average molecular weight is 239 g/mol. The number of aliphatic imine (C=N–C) groups is 1. The van der Waals surface area contributed by atoms with Crippen LogP contribution in [-0.4, -0.2) is 12.3 Å². The fourth-order valence-corrected chi connectivity index (χ4v) is 2.08. The molecule has 1 aromatic rings. The molecule has 0 unspecified atom stereocenters. The Bertz CT molecular complexity index is 565. The van der Waals surface area contributed by atoms with Gasteiger partial charge in [0.05, 0.1) is 5.71 Å². The number of ether oxygens (including phenoxy) is 1. The van der Waals surface area contributed by atoms with Gasteiger partial charge in [0.25, 0.3) is 0 Å². The molecule has 1 aromatic carbocycles. The number of nitrogens with zero attached hydrogens (tertiary/aromatic N) is 1. The second kappa shape index (κ2) is 5.05. The minimum atomic E-state index is 0.475.